The molecule has 1 N–H and O–H groups in total. The van der Waals surface area contributed by atoms with Crippen molar-refractivity contribution in [3.05, 3.63) is 0 Å². The van der Waals surface area contributed by atoms with Gasteiger partial charge in [-0.2, -0.15) is 0 Å². The molecule has 0 heterocycles. The summed E-state index contributed by atoms with van der Waals surface area (Å²) in [5.41, 5.74) is 0. The molecule has 0 aromatic heterocycles. The van der Waals surface area contributed by atoms with Crippen molar-refractivity contribution < 1.29 is 9.59 Å². The van der Waals surface area contributed by atoms with Crippen LogP contribution in [0.1, 0.15) is 13.3 Å². The van der Waals surface area contributed by atoms with Crippen molar-refractivity contribution in [2.75, 3.05) is 4.43 Å². The minimum absolute atomic E-state index is 0.197. The second-order valence-corrected chi connectivity index (χ2v) is 2.62. The number of hydrogen-bond donors (Lipinski definition) is 1. The highest BCUT2D eigenvalue weighted by molar-refractivity contribution is 14.1. The van der Waals surface area contributed by atoms with Gasteiger partial charge >= 0.3 is 0 Å². The molecule has 0 aliphatic heterocycles. The topological polar surface area (TPSA) is 46.2 Å². The van der Waals surface area contributed by atoms with E-state index >= 15 is 0 Å². The summed E-state index contributed by atoms with van der Waals surface area (Å²) in [6.07, 6.45) is 0.417. The fraction of sp³-hybridized carbons (Fsp3) is 0.600. The van der Waals surface area contributed by atoms with E-state index in [0.29, 0.717) is 6.42 Å². The Morgan fingerprint density at radius 1 is 1.56 bits per heavy atom. The molecule has 0 radical (unpaired) electrons. The van der Waals surface area contributed by atoms with Gasteiger partial charge in [-0.15, -0.1) is 0 Å². The predicted octanol–water partition coefficient (Wildman–Crippen LogP) is 0.474. The largest absolute Gasteiger partial charge is 0.297 e. The Bertz CT molecular complexity index is 124. The van der Waals surface area contributed by atoms with Gasteiger partial charge in [-0.05, 0) is 0 Å². The highest BCUT2D eigenvalue weighted by atomic mass is 127. The van der Waals surface area contributed by atoms with Gasteiger partial charge in [-0.25, -0.2) is 0 Å². The van der Waals surface area contributed by atoms with Crippen molar-refractivity contribution in [3.63, 3.8) is 0 Å². The highest BCUT2D eigenvalue weighted by Crippen LogP contribution is 1.86. The summed E-state index contributed by atoms with van der Waals surface area (Å²) < 4.78 is 0.747. The summed E-state index contributed by atoms with van der Waals surface area (Å²) in [7, 11) is 0. The monoisotopic (exact) mass is 241 g/mol. The molecule has 4 heteroatoms. The molecule has 0 aromatic carbocycles. The number of halogens is 1. The lowest BCUT2D eigenvalue weighted by Crippen LogP contribution is -2.27. The molecular formula is C5H8INO2. The van der Waals surface area contributed by atoms with Crippen molar-refractivity contribution in [1.29, 1.82) is 0 Å². The Morgan fingerprint density at radius 2 is 2.11 bits per heavy atom. The number of carbonyl (C=O) groups excluding carboxylic acids is 2. The molecule has 0 saturated heterocycles. The maximum Gasteiger partial charge on any atom is 0.227 e. The predicted molar refractivity (Wildman–Crippen MR) is 42.3 cm³/mol. The van der Waals surface area contributed by atoms with Crippen LogP contribution in [0, 0.1) is 0 Å². The number of rotatable bonds is 2. The first-order valence-electron chi connectivity index (χ1n) is 2.53. The van der Waals surface area contributed by atoms with Crippen LogP contribution in [-0.4, -0.2) is 16.2 Å². The van der Waals surface area contributed by atoms with E-state index in [2.05, 4.69) is 27.9 Å². The zero-order chi connectivity index (χ0) is 7.28. The van der Waals surface area contributed by atoms with Gasteiger partial charge in [0.25, 0.3) is 0 Å². The molecule has 9 heavy (non-hydrogen) atoms. The third kappa shape index (κ3) is 5.75. The van der Waals surface area contributed by atoms with Gasteiger partial charge in [-0.1, -0.05) is 22.6 Å². The molecule has 2 amide bonds. The van der Waals surface area contributed by atoms with Crippen LogP contribution in [0.2, 0.25) is 0 Å². The quantitative estimate of drug-likeness (QED) is 0.564. The van der Waals surface area contributed by atoms with E-state index in [1.54, 1.807) is 0 Å². The maximum absolute atomic E-state index is 10.5. The van der Waals surface area contributed by atoms with Gasteiger partial charge in [0, 0.05) is 17.8 Å². The Hall–Kier alpha value is -0.130. The van der Waals surface area contributed by atoms with Crippen LogP contribution in [-0.2, 0) is 9.59 Å². The number of hydrogen-bond acceptors (Lipinski definition) is 2. The van der Waals surface area contributed by atoms with Gasteiger partial charge < -0.3 is 0 Å². The van der Waals surface area contributed by atoms with Crippen LogP contribution in [0.5, 0.6) is 0 Å². The summed E-state index contributed by atoms with van der Waals surface area (Å²) in [5.74, 6) is -0.484. The van der Waals surface area contributed by atoms with Crippen LogP contribution in [0.15, 0.2) is 0 Å². The molecule has 0 rings (SSSR count). The Balaban J connectivity index is 3.39. The van der Waals surface area contributed by atoms with Gasteiger partial charge in [0.15, 0.2) is 0 Å². The molecule has 52 valence electrons. The lowest BCUT2D eigenvalue weighted by molar-refractivity contribution is -0.128. The smallest absolute Gasteiger partial charge is 0.227 e. The summed E-state index contributed by atoms with van der Waals surface area (Å²) in [5, 5.41) is 2.16. The number of nitrogens with one attached hydrogen (secondary N) is 1. The SMILES string of the molecule is CC(=O)NC(=O)CCI. The van der Waals surface area contributed by atoms with Crippen molar-refractivity contribution in [3.8, 4) is 0 Å². The minimum atomic E-state index is -0.287. The van der Waals surface area contributed by atoms with Gasteiger partial charge in [0.2, 0.25) is 11.8 Å². The summed E-state index contributed by atoms with van der Waals surface area (Å²) in [4.78, 5) is 20.7. The van der Waals surface area contributed by atoms with E-state index in [1.165, 1.54) is 6.92 Å². The summed E-state index contributed by atoms with van der Waals surface area (Å²) >= 11 is 2.08. The molecule has 0 fully saturated rings. The fourth-order valence-electron chi connectivity index (χ4n) is 0.345. The third-order valence-electron chi connectivity index (χ3n) is 0.637. The zero-order valence-corrected chi connectivity index (χ0v) is 7.27. The lowest BCUT2D eigenvalue weighted by atomic mass is 10.4. The Labute approximate surface area is 67.3 Å². The molecule has 0 spiro atoms. The summed E-state index contributed by atoms with van der Waals surface area (Å²) in [6, 6.07) is 0. The van der Waals surface area contributed by atoms with Crippen molar-refractivity contribution in [2.45, 2.75) is 13.3 Å². The van der Waals surface area contributed by atoms with E-state index in [0.717, 1.165) is 4.43 Å². The van der Waals surface area contributed by atoms with Crippen LogP contribution in [0.4, 0.5) is 0 Å². The van der Waals surface area contributed by atoms with E-state index in [-0.39, 0.29) is 11.8 Å². The first-order valence-corrected chi connectivity index (χ1v) is 4.05. The number of alkyl halides is 1. The van der Waals surface area contributed by atoms with E-state index in [9.17, 15) is 9.59 Å². The highest BCUT2D eigenvalue weighted by Gasteiger charge is 1.99. The molecular weight excluding hydrogens is 233 g/mol. The van der Waals surface area contributed by atoms with Gasteiger partial charge in [0.1, 0.15) is 0 Å². The average molecular weight is 241 g/mol. The van der Waals surface area contributed by atoms with Gasteiger partial charge in [-0.3, -0.25) is 14.9 Å². The molecule has 0 atom stereocenters. The maximum atomic E-state index is 10.5. The van der Waals surface area contributed by atoms with Crippen LogP contribution in [0.3, 0.4) is 0 Å². The van der Waals surface area contributed by atoms with Crippen LogP contribution < -0.4 is 5.32 Å². The molecule has 0 unspecified atom stereocenters. The van der Waals surface area contributed by atoms with Crippen LogP contribution in [0.25, 0.3) is 0 Å². The van der Waals surface area contributed by atoms with Crippen molar-refractivity contribution >= 4 is 34.4 Å². The Morgan fingerprint density at radius 3 is 2.44 bits per heavy atom. The van der Waals surface area contributed by atoms with E-state index in [4.69, 9.17) is 0 Å². The minimum Gasteiger partial charge on any atom is -0.297 e. The summed E-state index contributed by atoms with van der Waals surface area (Å²) in [6.45, 7) is 1.32. The van der Waals surface area contributed by atoms with Crippen LogP contribution >= 0.6 is 22.6 Å². The first-order chi connectivity index (χ1) is 4.16. The molecule has 0 aliphatic rings. The zero-order valence-electron chi connectivity index (χ0n) is 5.11. The molecule has 0 bridgehead atoms. The molecule has 0 saturated carbocycles. The number of amides is 2. The normalized spacial score (nSPS) is 8.67. The number of carbonyl (C=O) groups is 2. The van der Waals surface area contributed by atoms with Crippen molar-refractivity contribution in [1.82, 2.24) is 5.32 Å². The molecule has 0 aromatic rings. The van der Waals surface area contributed by atoms with Gasteiger partial charge in [0.05, 0.1) is 0 Å². The van der Waals surface area contributed by atoms with Crippen molar-refractivity contribution in [2.24, 2.45) is 0 Å². The van der Waals surface area contributed by atoms with E-state index in [1.807, 2.05) is 0 Å². The molecule has 3 nitrogen and oxygen atoms in total. The lowest BCUT2D eigenvalue weighted by Gasteiger charge is -1.95. The van der Waals surface area contributed by atoms with E-state index < -0.39 is 0 Å². The second-order valence-electron chi connectivity index (χ2n) is 1.54. The standard InChI is InChI=1S/C5H8INO2/c1-4(8)7-5(9)2-3-6/h2-3H2,1H3,(H,7,8,9). The second kappa shape index (κ2) is 4.72. The third-order valence-corrected chi connectivity index (χ3v) is 1.18. The average Bonchev–Trinajstić information content (AvgIpc) is 1.63. The molecule has 0 aliphatic carbocycles. The first kappa shape index (κ1) is 8.87. The fourth-order valence-corrected chi connectivity index (χ4v) is 0.835. The number of imide groups is 1. The Kier molecular flexibility index (Phi) is 4.65.